The molecule has 1 fully saturated rings. The third-order valence-electron chi connectivity index (χ3n) is 3.51. The van der Waals surface area contributed by atoms with Gasteiger partial charge in [-0.05, 0) is 18.2 Å². The van der Waals surface area contributed by atoms with Crippen LogP contribution >= 0.6 is 15.9 Å². The lowest BCUT2D eigenvalue weighted by atomic mass is 10.0. The lowest BCUT2D eigenvalue weighted by Gasteiger charge is -2.26. The van der Waals surface area contributed by atoms with Crippen LogP contribution in [0.1, 0.15) is 12.0 Å². The van der Waals surface area contributed by atoms with E-state index in [2.05, 4.69) is 27.3 Å². The molecule has 0 bridgehead atoms. The Balaban J connectivity index is 1.93. The minimum absolute atomic E-state index is 0.181. The highest BCUT2D eigenvalue weighted by atomic mass is 79.9. The summed E-state index contributed by atoms with van der Waals surface area (Å²) < 4.78 is 17.4. The lowest BCUT2D eigenvalue weighted by Crippen LogP contribution is -2.42. The first-order valence-electron chi connectivity index (χ1n) is 6.35. The van der Waals surface area contributed by atoms with E-state index in [-0.39, 0.29) is 5.60 Å². The molecule has 0 amide bonds. The van der Waals surface area contributed by atoms with Crippen LogP contribution in [0.2, 0.25) is 0 Å². The first kappa shape index (κ1) is 14.8. The van der Waals surface area contributed by atoms with E-state index in [0.29, 0.717) is 6.61 Å². The molecule has 5 heteroatoms. The number of nitrogens with one attached hydrogen (secondary N) is 1. The molecule has 0 spiro atoms. The minimum atomic E-state index is -0.181. The third kappa shape index (κ3) is 3.69. The van der Waals surface area contributed by atoms with Crippen LogP contribution < -0.4 is 10.1 Å². The molecule has 0 saturated carbocycles. The van der Waals surface area contributed by atoms with Gasteiger partial charge in [0.15, 0.2) is 0 Å². The van der Waals surface area contributed by atoms with E-state index in [1.54, 1.807) is 14.2 Å². The molecule has 1 atom stereocenters. The van der Waals surface area contributed by atoms with E-state index >= 15 is 0 Å². The Morgan fingerprint density at radius 1 is 1.42 bits per heavy atom. The van der Waals surface area contributed by atoms with Crippen molar-refractivity contribution >= 4 is 15.9 Å². The topological polar surface area (TPSA) is 39.7 Å². The van der Waals surface area contributed by atoms with Crippen LogP contribution in [0, 0.1) is 0 Å². The summed E-state index contributed by atoms with van der Waals surface area (Å²) >= 11 is 3.48. The van der Waals surface area contributed by atoms with Gasteiger partial charge in [-0.1, -0.05) is 15.9 Å². The van der Waals surface area contributed by atoms with Gasteiger partial charge in [0.2, 0.25) is 0 Å². The van der Waals surface area contributed by atoms with Crippen molar-refractivity contribution in [2.24, 2.45) is 0 Å². The maximum Gasteiger partial charge on any atom is 0.123 e. The summed E-state index contributed by atoms with van der Waals surface area (Å²) in [5.41, 5.74) is 0.946. The molecule has 0 aliphatic carbocycles. The first-order chi connectivity index (χ1) is 9.19. The Hall–Kier alpha value is -0.620. The zero-order valence-electron chi connectivity index (χ0n) is 11.4. The summed E-state index contributed by atoms with van der Waals surface area (Å²) in [5, 5.41) is 3.43. The Labute approximate surface area is 122 Å². The fourth-order valence-corrected chi connectivity index (χ4v) is 2.68. The van der Waals surface area contributed by atoms with Gasteiger partial charge in [-0.25, -0.2) is 0 Å². The summed E-state index contributed by atoms with van der Waals surface area (Å²) in [6, 6.07) is 6.01. The quantitative estimate of drug-likeness (QED) is 0.869. The maximum absolute atomic E-state index is 5.59. The average molecular weight is 330 g/mol. The van der Waals surface area contributed by atoms with Crippen LogP contribution in [0.3, 0.4) is 0 Å². The molecule has 2 rings (SSSR count). The summed E-state index contributed by atoms with van der Waals surface area (Å²) in [5.74, 6) is 0.893. The van der Waals surface area contributed by atoms with Crippen molar-refractivity contribution in [3.8, 4) is 5.75 Å². The van der Waals surface area contributed by atoms with Gasteiger partial charge in [-0.3, -0.25) is 0 Å². The molecule has 0 radical (unpaired) electrons. The van der Waals surface area contributed by atoms with Crippen LogP contribution in [0.15, 0.2) is 22.7 Å². The van der Waals surface area contributed by atoms with Crippen molar-refractivity contribution in [2.45, 2.75) is 18.6 Å². The highest BCUT2D eigenvalue weighted by molar-refractivity contribution is 9.10. The van der Waals surface area contributed by atoms with Crippen molar-refractivity contribution in [3.63, 3.8) is 0 Å². The molecule has 1 aliphatic heterocycles. The summed E-state index contributed by atoms with van der Waals surface area (Å²) in [6.45, 7) is 2.95. The number of rotatable bonds is 6. The van der Waals surface area contributed by atoms with Crippen molar-refractivity contribution in [3.05, 3.63) is 28.2 Å². The number of hydrogen-bond donors (Lipinski definition) is 1. The second kappa shape index (κ2) is 6.70. The standard InChI is InChI=1S/C14H20BrNO3/c1-17-13-4-3-12(15)7-11(13)8-16-9-14(18-2)5-6-19-10-14/h3-4,7,16H,5-6,8-10H2,1-2H3. The van der Waals surface area contributed by atoms with E-state index in [1.807, 2.05) is 12.1 Å². The summed E-state index contributed by atoms with van der Waals surface area (Å²) in [7, 11) is 3.43. The Bertz CT molecular complexity index is 419. The van der Waals surface area contributed by atoms with Gasteiger partial charge >= 0.3 is 0 Å². The first-order valence-corrected chi connectivity index (χ1v) is 7.14. The zero-order valence-corrected chi connectivity index (χ0v) is 13.0. The average Bonchev–Trinajstić information content (AvgIpc) is 2.88. The Kier molecular flexibility index (Phi) is 5.21. The smallest absolute Gasteiger partial charge is 0.123 e. The largest absolute Gasteiger partial charge is 0.496 e. The molecule has 0 aromatic heterocycles. The van der Waals surface area contributed by atoms with E-state index in [4.69, 9.17) is 14.2 Å². The fourth-order valence-electron chi connectivity index (χ4n) is 2.27. The zero-order chi connectivity index (χ0) is 13.7. The lowest BCUT2D eigenvalue weighted by molar-refractivity contribution is -0.0159. The van der Waals surface area contributed by atoms with Crippen LogP contribution in [0.25, 0.3) is 0 Å². The molecule has 19 heavy (non-hydrogen) atoms. The molecule has 1 aromatic rings. The molecule has 1 aromatic carbocycles. The van der Waals surface area contributed by atoms with Gasteiger partial charge in [0.05, 0.1) is 13.7 Å². The van der Waals surface area contributed by atoms with E-state index in [1.165, 1.54) is 0 Å². The summed E-state index contributed by atoms with van der Waals surface area (Å²) in [6.07, 6.45) is 0.937. The highest BCUT2D eigenvalue weighted by Crippen LogP contribution is 2.24. The van der Waals surface area contributed by atoms with Crippen molar-refractivity contribution in [1.29, 1.82) is 0 Å². The molecule has 106 valence electrons. The number of halogens is 1. The SMILES string of the molecule is COc1ccc(Br)cc1CNCC1(OC)CCOC1. The van der Waals surface area contributed by atoms with Crippen molar-refractivity contribution in [1.82, 2.24) is 5.32 Å². The van der Waals surface area contributed by atoms with Gasteiger partial charge in [-0.15, -0.1) is 0 Å². The molecular weight excluding hydrogens is 310 g/mol. The molecule has 1 aliphatic rings. The second-order valence-corrected chi connectivity index (χ2v) is 5.67. The number of methoxy groups -OCH3 is 2. The Morgan fingerprint density at radius 3 is 2.89 bits per heavy atom. The predicted molar refractivity (Wildman–Crippen MR) is 77.6 cm³/mol. The van der Waals surface area contributed by atoms with Gasteiger partial charge in [-0.2, -0.15) is 0 Å². The molecule has 1 saturated heterocycles. The van der Waals surface area contributed by atoms with Crippen LogP contribution in [0.4, 0.5) is 0 Å². The number of benzene rings is 1. The molecule has 4 nitrogen and oxygen atoms in total. The van der Waals surface area contributed by atoms with Crippen LogP contribution in [0.5, 0.6) is 5.75 Å². The maximum atomic E-state index is 5.59. The molecule has 1 heterocycles. The normalized spacial score (nSPS) is 22.7. The van der Waals surface area contributed by atoms with Gasteiger partial charge in [0.25, 0.3) is 0 Å². The number of hydrogen-bond acceptors (Lipinski definition) is 4. The van der Waals surface area contributed by atoms with Crippen LogP contribution in [-0.4, -0.2) is 39.6 Å². The fraction of sp³-hybridized carbons (Fsp3) is 0.571. The Morgan fingerprint density at radius 2 is 2.26 bits per heavy atom. The molecule has 1 N–H and O–H groups in total. The third-order valence-corrected chi connectivity index (χ3v) is 4.00. The molecular formula is C14H20BrNO3. The monoisotopic (exact) mass is 329 g/mol. The minimum Gasteiger partial charge on any atom is -0.496 e. The summed E-state index contributed by atoms with van der Waals surface area (Å²) in [4.78, 5) is 0. The van der Waals surface area contributed by atoms with Gasteiger partial charge < -0.3 is 19.5 Å². The van der Waals surface area contributed by atoms with E-state index in [9.17, 15) is 0 Å². The van der Waals surface area contributed by atoms with E-state index in [0.717, 1.165) is 41.9 Å². The number of ether oxygens (including phenoxy) is 3. The van der Waals surface area contributed by atoms with Crippen LogP contribution in [-0.2, 0) is 16.0 Å². The van der Waals surface area contributed by atoms with Gasteiger partial charge in [0.1, 0.15) is 11.4 Å². The van der Waals surface area contributed by atoms with Crippen molar-refractivity contribution < 1.29 is 14.2 Å². The second-order valence-electron chi connectivity index (χ2n) is 4.75. The van der Waals surface area contributed by atoms with E-state index < -0.39 is 0 Å². The predicted octanol–water partition coefficient (Wildman–Crippen LogP) is 2.35. The van der Waals surface area contributed by atoms with Crippen molar-refractivity contribution in [2.75, 3.05) is 34.0 Å². The van der Waals surface area contributed by atoms with Gasteiger partial charge in [0, 0.05) is 43.3 Å². The highest BCUT2D eigenvalue weighted by Gasteiger charge is 2.34. The molecule has 1 unspecified atom stereocenters.